The lowest BCUT2D eigenvalue weighted by atomic mass is 10.1. The van der Waals surface area contributed by atoms with Crippen LogP contribution < -0.4 is 21.1 Å². The summed E-state index contributed by atoms with van der Waals surface area (Å²) in [5.74, 6) is -1.32. The molecule has 0 fully saturated rings. The predicted molar refractivity (Wildman–Crippen MR) is 99.9 cm³/mol. The van der Waals surface area contributed by atoms with Crippen molar-refractivity contribution in [2.75, 3.05) is 25.5 Å². The number of nitrogens with one attached hydrogen (secondary N) is 3. The summed E-state index contributed by atoms with van der Waals surface area (Å²) in [5, 5.41) is 2.50. The van der Waals surface area contributed by atoms with E-state index < -0.39 is 11.8 Å². The molecule has 0 spiro atoms. The summed E-state index contributed by atoms with van der Waals surface area (Å²) >= 11 is 0. The van der Waals surface area contributed by atoms with Gasteiger partial charge in [0.2, 0.25) is 0 Å². The zero-order valence-electron chi connectivity index (χ0n) is 15.0. The van der Waals surface area contributed by atoms with Crippen LogP contribution in [0.25, 0.3) is 0 Å². The van der Waals surface area contributed by atoms with Crippen molar-refractivity contribution in [3.8, 4) is 0 Å². The van der Waals surface area contributed by atoms with E-state index in [1.807, 2.05) is 38.1 Å². The highest BCUT2D eigenvalue weighted by molar-refractivity contribution is 5.98. The van der Waals surface area contributed by atoms with Gasteiger partial charge in [-0.05, 0) is 37.3 Å². The second-order valence-corrected chi connectivity index (χ2v) is 6.00. The van der Waals surface area contributed by atoms with E-state index in [2.05, 4.69) is 16.2 Å². The zero-order valence-corrected chi connectivity index (χ0v) is 15.0. The van der Waals surface area contributed by atoms with E-state index in [0.717, 1.165) is 11.3 Å². The Morgan fingerprint density at radius 1 is 0.885 bits per heavy atom. The summed E-state index contributed by atoms with van der Waals surface area (Å²) in [6.07, 6.45) is 0. The first-order valence-electron chi connectivity index (χ1n) is 8.08. The Hall–Kier alpha value is -3.35. The van der Waals surface area contributed by atoms with Crippen LogP contribution in [0, 0.1) is 6.92 Å². The smallest absolute Gasteiger partial charge is 0.269 e. The summed E-state index contributed by atoms with van der Waals surface area (Å²) < 4.78 is 0. The van der Waals surface area contributed by atoms with Gasteiger partial charge in [0.15, 0.2) is 0 Å². The molecule has 0 aliphatic carbocycles. The first-order chi connectivity index (χ1) is 12.4. The SMILES string of the molecule is Cc1cccc(C(=O)NCC(=O)NNC(=O)c2cccc(N(C)C)c2)c1. The maximum atomic E-state index is 12.1. The molecule has 0 unspecified atom stereocenters. The highest BCUT2D eigenvalue weighted by Crippen LogP contribution is 2.12. The minimum Gasteiger partial charge on any atom is -0.378 e. The van der Waals surface area contributed by atoms with Crippen molar-refractivity contribution in [3.05, 3.63) is 65.2 Å². The number of benzene rings is 2. The molecule has 2 aromatic rings. The summed E-state index contributed by atoms with van der Waals surface area (Å²) in [5.41, 5.74) is 7.32. The van der Waals surface area contributed by atoms with Crippen molar-refractivity contribution in [2.24, 2.45) is 0 Å². The molecule has 0 heterocycles. The van der Waals surface area contributed by atoms with Crippen LogP contribution in [-0.4, -0.2) is 38.4 Å². The van der Waals surface area contributed by atoms with Crippen molar-refractivity contribution in [2.45, 2.75) is 6.92 Å². The van der Waals surface area contributed by atoms with Gasteiger partial charge in [-0.1, -0.05) is 23.8 Å². The average Bonchev–Trinajstić information content (AvgIpc) is 2.64. The van der Waals surface area contributed by atoms with Gasteiger partial charge in [-0.3, -0.25) is 25.2 Å². The number of carbonyl (C=O) groups is 3. The summed E-state index contributed by atoms with van der Waals surface area (Å²) in [4.78, 5) is 37.7. The van der Waals surface area contributed by atoms with Gasteiger partial charge in [-0.2, -0.15) is 0 Å². The summed E-state index contributed by atoms with van der Waals surface area (Å²) in [6, 6.07) is 14.0. The van der Waals surface area contributed by atoms with E-state index in [4.69, 9.17) is 0 Å². The van der Waals surface area contributed by atoms with E-state index in [0.29, 0.717) is 11.1 Å². The fraction of sp³-hybridized carbons (Fsp3) is 0.211. The number of hydrazine groups is 1. The Bertz CT molecular complexity index is 818. The fourth-order valence-electron chi connectivity index (χ4n) is 2.22. The molecule has 3 amide bonds. The third-order valence-corrected chi connectivity index (χ3v) is 3.63. The molecule has 7 heteroatoms. The minimum atomic E-state index is -0.525. The second-order valence-electron chi connectivity index (χ2n) is 6.00. The zero-order chi connectivity index (χ0) is 19.1. The normalized spacial score (nSPS) is 9.96. The molecule has 26 heavy (non-hydrogen) atoms. The van der Waals surface area contributed by atoms with Crippen molar-refractivity contribution < 1.29 is 14.4 Å². The minimum absolute atomic E-state index is 0.245. The number of amides is 3. The molecule has 0 aromatic heterocycles. The fourth-order valence-corrected chi connectivity index (χ4v) is 2.22. The molecule has 0 atom stereocenters. The monoisotopic (exact) mass is 354 g/mol. The lowest BCUT2D eigenvalue weighted by molar-refractivity contribution is -0.120. The molecule has 136 valence electrons. The molecule has 0 saturated heterocycles. The third-order valence-electron chi connectivity index (χ3n) is 3.63. The first-order valence-corrected chi connectivity index (χ1v) is 8.08. The van der Waals surface area contributed by atoms with E-state index >= 15 is 0 Å². The molecule has 3 N–H and O–H groups in total. The van der Waals surface area contributed by atoms with Gasteiger partial charge in [0.05, 0.1) is 6.54 Å². The highest BCUT2D eigenvalue weighted by atomic mass is 16.2. The molecule has 0 saturated carbocycles. The molecular formula is C19H22N4O3. The third kappa shape index (κ3) is 5.34. The van der Waals surface area contributed by atoms with Crippen molar-refractivity contribution in [1.29, 1.82) is 0 Å². The van der Waals surface area contributed by atoms with E-state index in [1.54, 1.807) is 36.4 Å². The molecule has 7 nitrogen and oxygen atoms in total. The summed E-state index contributed by atoms with van der Waals surface area (Å²) in [6.45, 7) is 1.63. The standard InChI is InChI=1S/C19H22N4O3/c1-13-6-4-7-14(10-13)18(25)20-12-17(24)21-22-19(26)15-8-5-9-16(11-15)23(2)3/h4-11H,12H2,1-3H3,(H,20,25)(H,21,24)(H,22,26). The molecule has 0 radical (unpaired) electrons. The van der Waals surface area contributed by atoms with Crippen LogP contribution in [-0.2, 0) is 4.79 Å². The maximum absolute atomic E-state index is 12.1. The lowest BCUT2D eigenvalue weighted by Gasteiger charge is -2.13. The number of nitrogens with zero attached hydrogens (tertiary/aromatic N) is 1. The van der Waals surface area contributed by atoms with Crippen LogP contribution in [0.1, 0.15) is 26.3 Å². The van der Waals surface area contributed by atoms with Crippen LogP contribution in [0.15, 0.2) is 48.5 Å². The Labute approximate surface area is 152 Å². The van der Waals surface area contributed by atoms with Crippen LogP contribution in [0.4, 0.5) is 5.69 Å². The molecule has 0 bridgehead atoms. The Kier molecular flexibility index (Phi) is 6.32. The van der Waals surface area contributed by atoms with Crippen molar-refractivity contribution >= 4 is 23.4 Å². The first kappa shape index (κ1) is 19.0. The lowest BCUT2D eigenvalue weighted by Crippen LogP contribution is -2.46. The number of anilines is 1. The number of carbonyl (C=O) groups excluding carboxylic acids is 3. The quantitative estimate of drug-likeness (QED) is 0.705. The van der Waals surface area contributed by atoms with Gasteiger partial charge in [0.1, 0.15) is 0 Å². The van der Waals surface area contributed by atoms with E-state index in [-0.39, 0.29) is 12.5 Å². The van der Waals surface area contributed by atoms with Crippen molar-refractivity contribution in [1.82, 2.24) is 16.2 Å². The topological polar surface area (TPSA) is 90.5 Å². The molecule has 0 aliphatic rings. The number of hydrogen-bond acceptors (Lipinski definition) is 4. The number of aryl methyl sites for hydroxylation is 1. The predicted octanol–water partition coefficient (Wildman–Crippen LogP) is 1.25. The van der Waals surface area contributed by atoms with Crippen LogP contribution >= 0.6 is 0 Å². The van der Waals surface area contributed by atoms with Crippen LogP contribution in [0.3, 0.4) is 0 Å². The number of rotatable bonds is 5. The van der Waals surface area contributed by atoms with Gasteiger partial charge in [-0.15, -0.1) is 0 Å². The molecular weight excluding hydrogens is 332 g/mol. The molecule has 2 aromatic carbocycles. The van der Waals surface area contributed by atoms with Gasteiger partial charge in [-0.25, -0.2) is 0 Å². The number of hydrogen-bond donors (Lipinski definition) is 3. The van der Waals surface area contributed by atoms with E-state index in [9.17, 15) is 14.4 Å². The Morgan fingerprint density at radius 2 is 1.54 bits per heavy atom. The maximum Gasteiger partial charge on any atom is 0.269 e. The van der Waals surface area contributed by atoms with Crippen LogP contribution in [0.2, 0.25) is 0 Å². The summed E-state index contributed by atoms with van der Waals surface area (Å²) in [7, 11) is 3.74. The second kappa shape index (κ2) is 8.66. The van der Waals surface area contributed by atoms with Gasteiger partial charge >= 0.3 is 0 Å². The van der Waals surface area contributed by atoms with Crippen molar-refractivity contribution in [3.63, 3.8) is 0 Å². The van der Waals surface area contributed by atoms with Gasteiger partial charge < -0.3 is 10.2 Å². The van der Waals surface area contributed by atoms with E-state index in [1.165, 1.54) is 0 Å². The van der Waals surface area contributed by atoms with Gasteiger partial charge in [0.25, 0.3) is 17.7 Å². The molecule has 2 rings (SSSR count). The molecule has 0 aliphatic heterocycles. The largest absolute Gasteiger partial charge is 0.378 e. The highest BCUT2D eigenvalue weighted by Gasteiger charge is 2.10. The Balaban J connectivity index is 1.82. The van der Waals surface area contributed by atoms with Gasteiger partial charge in [0, 0.05) is 30.9 Å². The Morgan fingerprint density at radius 3 is 2.19 bits per heavy atom. The van der Waals surface area contributed by atoms with Crippen LogP contribution in [0.5, 0.6) is 0 Å². The average molecular weight is 354 g/mol.